The van der Waals surface area contributed by atoms with Gasteiger partial charge in [0.25, 0.3) is 5.89 Å². The number of hydrogen-bond donors (Lipinski definition) is 0. The molecule has 1 aliphatic heterocycles. The number of carbonyl (C=O) groups is 1. The van der Waals surface area contributed by atoms with Crippen molar-refractivity contribution in [2.45, 2.75) is 32.7 Å². The third-order valence-corrected chi connectivity index (χ3v) is 5.01. The van der Waals surface area contributed by atoms with Gasteiger partial charge in [0.2, 0.25) is 5.89 Å². The minimum atomic E-state index is -0.103. The van der Waals surface area contributed by atoms with E-state index in [-0.39, 0.29) is 17.9 Å². The normalized spacial score (nSPS) is 20.3. The van der Waals surface area contributed by atoms with Crippen LogP contribution >= 0.6 is 11.3 Å². The second kappa shape index (κ2) is 7.23. The molecule has 124 valence electrons. The molecule has 1 aliphatic rings. The van der Waals surface area contributed by atoms with Crippen molar-refractivity contribution in [1.82, 2.24) is 15.1 Å². The molecule has 0 aromatic carbocycles. The van der Waals surface area contributed by atoms with Crippen LogP contribution in [0.3, 0.4) is 0 Å². The van der Waals surface area contributed by atoms with E-state index in [4.69, 9.17) is 9.15 Å². The molecule has 0 N–H and O–H groups in total. The molecule has 0 radical (unpaired) electrons. The number of piperidine rings is 1. The van der Waals surface area contributed by atoms with Crippen molar-refractivity contribution in [1.29, 1.82) is 0 Å². The summed E-state index contributed by atoms with van der Waals surface area (Å²) in [5.41, 5.74) is 0. The van der Waals surface area contributed by atoms with Crippen LogP contribution in [-0.4, -0.2) is 40.8 Å². The van der Waals surface area contributed by atoms with Gasteiger partial charge in [0, 0.05) is 6.54 Å². The molecule has 3 rings (SSSR count). The zero-order chi connectivity index (χ0) is 16.2. The second-order valence-corrected chi connectivity index (χ2v) is 6.63. The number of esters is 1. The average Bonchev–Trinajstić information content (AvgIpc) is 3.25. The minimum absolute atomic E-state index is 0.00608. The molecule has 0 unspecified atom stereocenters. The number of ether oxygens (including phenoxy) is 1. The van der Waals surface area contributed by atoms with Crippen molar-refractivity contribution < 1.29 is 13.9 Å². The summed E-state index contributed by atoms with van der Waals surface area (Å²) in [6.45, 7) is 5.91. The molecular weight excluding hydrogens is 314 g/mol. The van der Waals surface area contributed by atoms with Crippen molar-refractivity contribution in [3.8, 4) is 10.8 Å². The number of aromatic nitrogens is 2. The first-order valence-corrected chi connectivity index (χ1v) is 8.85. The van der Waals surface area contributed by atoms with Gasteiger partial charge < -0.3 is 9.15 Å². The van der Waals surface area contributed by atoms with Crippen molar-refractivity contribution in [3.63, 3.8) is 0 Å². The molecule has 0 saturated carbocycles. The largest absolute Gasteiger partial charge is 0.466 e. The number of likely N-dealkylation sites (tertiary alicyclic amines) is 1. The Bertz CT molecular complexity index is 641. The average molecular weight is 335 g/mol. The Morgan fingerprint density at radius 2 is 2.43 bits per heavy atom. The monoisotopic (exact) mass is 335 g/mol. The summed E-state index contributed by atoms with van der Waals surface area (Å²) in [4.78, 5) is 15.2. The lowest BCUT2D eigenvalue weighted by Crippen LogP contribution is -2.40. The third kappa shape index (κ3) is 3.61. The summed E-state index contributed by atoms with van der Waals surface area (Å²) in [7, 11) is 0. The Kier molecular flexibility index (Phi) is 5.07. The predicted molar refractivity (Wildman–Crippen MR) is 87.0 cm³/mol. The first kappa shape index (κ1) is 16.1. The van der Waals surface area contributed by atoms with Crippen LogP contribution < -0.4 is 0 Å². The van der Waals surface area contributed by atoms with Crippen molar-refractivity contribution >= 4 is 17.3 Å². The van der Waals surface area contributed by atoms with E-state index >= 15 is 0 Å². The maximum atomic E-state index is 12.0. The van der Waals surface area contributed by atoms with Crippen LogP contribution in [0.1, 0.15) is 38.6 Å². The van der Waals surface area contributed by atoms with E-state index in [9.17, 15) is 4.79 Å². The molecule has 0 amide bonds. The maximum absolute atomic E-state index is 12.0. The Morgan fingerprint density at radius 3 is 3.17 bits per heavy atom. The highest BCUT2D eigenvalue weighted by molar-refractivity contribution is 7.13. The minimum Gasteiger partial charge on any atom is -0.466 e. The number of hydrogen-bond acceptors (Lipinski definition) is 7. The van der Waals surface area contributed by atoms with E-state index in [0.717, 1.165) is 24.3 Å². The molecule has 3 heterocycles. The SMILES string of the molecule is CCOC(=O)[C@@H]1CCCN([C@H](C)c2nnc(-c3cccs3)o2)C1. The molecular formula is C16H21N3O3S. The molecule has 6 nitrogen and oxygen atoms in total. The summed E-state index contributed by atoms with van der Waals surface area (Å²) in [5, 5.41) is 10.3. The van der Waals surface area contributed by atoms with Crippen LogP contribution in [-0.2, 0) is 9.53 Å². The third-order valence-electron chi connectivity index (χ3n) is 4.15. The van der Waals surface area contributed by atoms with Crippen LogP contribution in [0.25, 0.3) is 10.8 Å². The van der Waals surface area contributed by atoms with Gasteiger partial charge in [-0.1, -0.05) is 6.07 Å². The molecule has 0 spiro atoms. The van der Waals surface area contributed by atoms with Gasteiger partial charge in [-0.2, -0.15) is 0 Å². The smallest absolute Gasteiger partial charge is 0.310 e. The first-order valence-electron chi connectivity index (χ1n) is 7.97. The fraction of sp³-hybridized carbons (Fsp3) is 0.562. The highest BCUT2D eigenvalue weighted by Gasteiger charge is 2.31. The van der Waals surface area contributed by atoms with E-state index in [2.05, 4.69) is 15.1 Å². The number of rotatable bonds is 5. The van der Waals surface area contributed by atoms with E-state index in [1.165, 1.54) is 0 Å². The summed E-state index contributed by atoms with van der Waals surface area (Å²) in [6, 6.07) is 3.92. The summed E-state index contributed by atoms with van der Waals surface area (Å²) >= 11 is 1.58. The van der Waals surface area contributed by atoms with Gasteiger partial charge in [-0.3, -0.25) is 9.69 Å². The molecule has 1 fully saturated rings. The van der Waals surface area contributed by atoms with E-state index in [1.54, 1.807) is 11.3 Å². The Morgan fingerprint density at radius 1 is 1.57 bits per heavy atom. The molecule has 2 aromatic heterocycles. The van der Waals surface area contributed by atoms with Crippen LogP contribution in [0.15, 0.2) is 21.9 Å². The summed E-state index contributed by atoms with van der Waals surface area (Å²) in [5.74, 6) is 0.985. The van der Waals surface area contributed by atoms with Gasteiger partial charge >= 0.3 is 5.97 Å². The molecule has 2 atom stereocenters. The Labute approximate surface area is 139 Å². The lowest BCUT2D eigenvalue weighted by atomic mass is 9.97. The molecule has 0 aliphatic carbocycles. The van der Waals surface area contributed by atoms with E-state index in [1.807, 2.05) is 31.4 Å². The molecule has 7 heteroatoms. The van der Waals surface area contributed by atoms with Crippen molar-refractivity contribution in [2.75, 3.05) is 19.7 Å². The lowest BCUT2D eigenvalue weighted by molar-refractivity contribution is -0.150. The maximum Gasteiger partial charge on any atom is 0.310 e. The van der Waals surface area contributed by atoms with Gasteiger partial charge in [-0.25, -0.2) is 0 Å². The van der Waals surface area contributed by atoms with Gasteiger partial charge in [0.1, 0.15) is 0 Å². The standard InChI is InChI=1S/C16H21N3O3S/c1-3-21-16(20)12-6-4-8-19(10-12)11(2)14-17-18-15(22-14)13-7-5-9-23-13/h5,7,9,11-12H,3-4,6,8,10H2,1-2H3/t11-,12-/m1/s1. The fourth-order valence-corrected chi connectivity index (χ4v) is 3.51. The van der Waals surface area contributed by atoms with Crippen molar-refractivity contribution in [3.05, 3.63) is 23.4 Å². The topological polar surface area (TPSA) is 68.5 Å². The molecule has 0 bridgehead atoms. The molecule has 2 aromatic rings. The molecule has 1 saturated heterocycles. The quantitative estimate of drug-likeness (QED) is 0.782. The summed E-state index contributed by atoms with van der Waals surface area (Å²) in [6.07, 6.45) is 1.85. The van der Waals surface area contributed by atoms with Gasteiger partial charge in [-0.15, -0.1) is 21.5 Å². The van der Waals surface area contributed by atoms with Gasteiger partial charge in [-0.05, 0) is 44.7 Å². The fourth-order valence-electron chi connectivity index (χ4n) is 2.87. The number of nitrogens with zero attached hydrogens (tertiary/aromatic N) is 3. The van der Waals surface area contributed by atoms with Gasteiger partial charge in [0.15, 0.2) is 0 Å². The van der Waals surface area contributed by atoms with Crippen LogP contribution in [0, 0.1) is 5.92 Å². The van der Waals surface area contributed by atoms with Crippen LogP contribution in [0.4, 0.5) is 0 Å². The highest BCUT2D eigenvalue weighted by Crippen LogP contribution is 2.29. The van der Waals surface area contributed by atoms with Crippen LogP contribution in [0.5, 0.6) is 0 Å². The summed E-state index contributed by atoms with van der Waals surface area (Å²) < 4.78 is 11.0. The van der Waals surface area contributed by atoms with Crippen LogP contribution in [0.2, 0.25) is 0 Å². The zero-order valence-electron chi connectivity index (χ0n) is 13.4. The highest BCUT2D eigenvalue weighted by atomic mass is 32.1. The number of thiophene rings is 1. The van der Waals surface area contributed by atoms with Gasteiger partial charge in [0.05, 0.1) is 23.4 Å². The first-order chi connectivity index (χ1) is 11.2. The Hall–Kier alpha value is -1.73. The van der Waals surface area contributed by atoms with E-state index in [0.29, 0.717) is 24.9 Å². The lowest BCUT2D eigenvalue weighted by Gasteiger charge is -2.34. The predicted octanol–water partition coefficient (Wildman–Crippen LogP) is 3.13. The number of carbonyl (C=O) groups excluding carboxylic acids is 1. The Balaban J connectivity index is 1.67. The second-order valence-electron chi connectivity index (χ2n) is 5.68. The van der Waals surface area contributed by atoms with E-state index < -0.39 is 0 Å². The van der Waals surface area contributed by atoms with Crippen molar-refractivity contribution in [2.24, 2.45) is 5.92 Å². The molecule has 23 heavy (non-hydrogen) atoms. The zero-order valence-corrected chi connectivity index (χ0v) is 14.2.